The number of carbonyl (C=O) groups is 1. The van der Waals surface area contributed by atoms with Gasteiger partial charge in [-0.15, -0.1) is 17.5 Å². The minimum absolute atomic E-state index is 0. The normalized spacial score (nSPS) is 16.9. The summed E-state index contributed by atoms with van der Waals surface area (Å²) in [4.78, 5) is 17.9. The van der Waals surface area contributed by atoms with Crippen molar-refractivity contribution in [3.63, 3.8) is 0 Å². The third-order valence-corrected chi connectivity index (χ3v) is 6.02. The largest absolute Gasteiger partial charge is 0.339 e. The molecule has 0 spiro atoms. The summed E-state index contributed by atoms with van der Waals surface area (Å²) >= 11 is 0. The van der Waals surface area contributed by atoms with Gasteiger partial charge in [-0.2, -0.15) is 0 Å². The maximum atomic E-state index is 13.5. The van der Waals surface area contributed by atoms with E-state index in [0.29, 0.717) is 6.04 Å². The van der Waals surface area contributed by atoms with Crippen LogP contribution in [0.25, 0.3) is 0 Å². The first-order valence-electron chi connectivity index (χ1n) is 10.7. The molecule has 1 saturated carbocycles. The first-order chi connectivity index (χ1) is 14.8. The van der Waals surface area contributed by atoms with Crippen molar-refractivity contribution in [3.05, 3.63) is 77.6 Å². The van der Waals surface area contributed by atoms with Crippen LogP contribution in [0.3, 0.4) is 0 Å². The minimum Gasteiger partial charge on any atom is -0.339 e. The SMILES string of the molecule is Cl.O=C(C(c1ccccc1)c1ccccc1)N1CCN(Cc2nnnn2C2CC2)CC1. The second-order valence-electron chi connectivity index (χ2n) is 8.13. The van der Waals surface area contributed by atoms with Crippen molar-refractivity contribution in [2.24, 2.45) is 0 Å². The first kappa shape index (κ1) is 21.5. The molecule has 1 aliphatic heterocycles. The van der Waals surface area contributed by atoms with Crippen molar-refractivity contribution in [1.29, 1.82) is 0 Å². The van der Waals surface area contributed by atoms with E-state index in [1.807, 2.05) is 70.2 Å². The number of tetrazole rings is 1. The number of piperazine rings is 1. The number of hydrogen-bond donors (Lipinski definition) is 0. The molecule has 1 aromatic heterocycles. The van der Waals surface area contributed by atoms with Crippen LogP contribution in [0.15, 0.2) is 60.7 Å². The number of hydrogen-bond acceptors (Lipinski definition) is 5. The van der Waals surface area contributed by atoms with E-state index < -0.39 is 0 Å². The molecule has 31 heavy (non-hydrogen) atoms. The van der Waals surface area contributed by atoms with Crippen molar-refractivity contribution in [1.82, 2.24) is 30.0 Å². The quantitative estimate of drug-likeness (QED) is 0.592. The van der Waals surface area contributed by atoms with Crippen LogP contribution >= 0.6 is 12.4 Å². The lowest BCUT2D eigenvalue weighted by Gasteiger charge is -2.36. The van der Waals surface area contributed by atoms with Crippen LogP contribution in [0.4, 0.5) is 0 Å². The molecular weight excluding hydrogens is 412 g/mol. The predicted octanol–water partition coefficient (Wildman–Crippen LogP) is 2.91. The Morgan fingerprint density at radius 2 is 1.48 bits per heavy atom. The van der Waals surface area contributed by atoms with Crippen LogP contribution in [-0.2, 0) is 11.3 Å². The number of halogens is 1. The van der Waals surface area contributed by atoms with Gasteiger partial charge in [0.15, 0.2) is 5.82 Å². The van der Waals surface area contributed by atoms with E-state index in [2.05, 4.69) is 20.4 Å². The van der Waals surface area contributed by atoms with Gasteiger partial charge < -0.3 is 4.90 Å². The van der Waals surface area contributed by atoms with E-state index in [1.54, 1.807) is 0 Å². The molecule has 2 aromatic carbocycles. The third-order valence-electron chi connectivity index (χ3n) is 6.02. The Labute approximate surface area is 188 Å². The minimum atomic E-state index is -0.263. The van der Waals surface area contributed by atoms with Crippen LogP contribution in [-0.4, -0.2) is 62.1 Å². The summed E-state index contributed by atoms with van der Waals surface area (Å²) in [5.41, 5.74) is 2.08. The zero-order valence-electron chi connectivity index (χ0n) is 17.4. The van der Waals surface area contributed by atoms with E-state index in [4.69, 9.17) is 0 Å². The molecule has 1 saturated heterocycles. The summed E-state index contributed by atoms with van der Waals surface area (Å²) < 4.78 is 1.97. The summed E-state index contributed by atoms with van der Waals surface area (Å²) in [6.07, 6.45) is 2.33. The van der Waals surface area contributed by atoms with Crippen LogP contribution in [0.1, 0.15) is 41.8 Å². The highest BCUT2D eigenvalue weighted by molar-refractivity contribution is 5.87. The second-order valence-corrected chi connectivity index (χ2v) is 8.13. The summed E-state index contributed by atoms with van der Waals surface area (Å²) in [5, 5.41) is 12.2. The number of aromatic nitrogens is 4. The molecule has 8 heteroatoms. The molecule has 7 nitrogen and oxygen atoms in total. The van der Waals surface area contributed by atoms with Gasteiger partial charge in [0, 0.05) is 26.2 Å². The molecular formula is C23H27ClN6O. The fourth-order valence-electron chi connectivity index (χ4n) is 4.20. The Kier molecular flexibility index (Phi) is 6.63. The number of amides is 1. The van der Waals surface area contributed by atoms with E-state index in [1.165, 1.54) is 12.8 Å². The first-order valence-corrected chi connectivity index (χ1v) is 10.7. The van der Waals surface area contributed by atoms with Crippen molar-refractivity contribution < 1.29 is 4.79 Å². The van der Waals surface area contributed by atoms with Gasteiger partial charge in [0.1, 0.15) is 0 Å². The predicted molar refractivity (Wildman–Crippen MR) is 120 cm³/mol. The molecule has 1 aliphatic carbocycles. The highest BCUT2D eigenvalue weighted by Gasteiger charge is 2.31. The number of benzene rings is 2. The summed E-state index contributed by atoms with van der Waals surface area (Å²) in [7, 11) is 0. The Morgan fingerprint density at radius 3 is 2.03 bits per heavy atom. The van der Waals surface area contributed by atoms with Gasteiger partial charge in [0.2, 0.25) is 5.91 Å². The number of carbonyl (C=O) groups excluding carboxylic acids is 1. The average Bonchev–Trinajstić information content (AvgIpc) is 3.54. The van der Waals surface area contributed by atoms with E-state index in [9.17, 15) is 4.79 Å². The van der Waals surface area contributed by atoms with Crippen molar-refractivity contribution in [2.75, 3.05) is 26.2 Å². The maximum absolute atomic E-state index is 13.5. The molecule has 0 bridgehead atoms. The van der Waals surface area contributed by atoms with E-state index >= 15 is 0 Å². The van der Waals surface area contributed by atoms with Gasteiger partial charge in [-0.3, -0.25) is 9.69 Å². The Morgan fingerprint density at radius 1 is 0.903 bits per heavy atom. The maximum Gasteiger partial charge on any atom is 0.234 e. The Hall–Kier alpha value is -2.77. The van der Waals surface area contributed by atoms with Crippen molar-refractivity contribution in [2.45, 2.75) is 31.3 Å². The average molecular weight is 439 g/mol. The monoisotopic (exact) mass is 438 g/mol. The lowest BCUT2D eigenvalue weighted by Crippen LogP contribution is -2.49. The summed E-state index contributed by atoms with van der Waals surface area (Å²) in [5.74, 6) is 0.847. The van der Waals surface area contributed by atoms with Crippen molar-refractivity contribution in [3.8, 4) is 0 Å². The highest BCUT2D eigenvalue weighted by atomic mass is 35.5. The molecule has 0 radical (unpaired) electrons. The van der Waals surface area contributed by atoms with Gasteiger partial charge in [0.25, 0.3) is 0 Å². The second kappa shape index (κ2) is 9.58. The van der Waals surface area contributed by atoms with Gasteiger partial charge in [-0.05, 0) is 34.4 Å². The highest BCUT2D eigenvalue weighted by Crippen LogP contribution is 2.34. The summed E-state index contributed by atoms with van der Waals surface area (Å²) in [6.45, 7) is 3.85. The Bertz CT molecular complexity index is 944. The molecule has 2 aliphatic rings. The Balaban J connectivity index is 0.00000231. The molecule has 3 aromatic rings. The van der Waals surface area contributed by atoms with Gasteiger partial charge in [0.05, 0.1) is 18.5 Å². The molecule has 0 atom stereocenters. The van der Waals surface area contributed by atoms with E-state index in [0.717, 1.165) is 49.7 Å². The smallest absolute Gasteiger partial charge is 0.234 e. The molecule has 0 N–H and O–H groups in total. The number of nitrogens with zero attached hydrogens (tertiary/aromatic N) is 6. The molecule has 5 rings (SSSR count). The molecule has 2 heterocycles. The molecule has 0 unspecified atom stereocenters. The lowest BCUT2D eigenvalue weighted by molar-refractivity contribution is -0.133. The van der Waals surface area contributed by atoms with Crippen LogP contribution in [0.5, 0.6) is 0 Å². The molecule has 2 fully saturated rings. The summed E-state index contributed by atoms with van der Waals surface area (Å²) in [6, 6.07) is 20.6. The van der Waals surface area contributed by atoms with Gasteiger partial charge in [-0.1, -0.05) is 60.7 Å². The van der Waals surface area contributed by atoms with E-state index in [-0.39, 0.29) is 24.2 Å². The fourth-order valence-corrected chi connectivity index (χ4v) is 4.20. The van der Waals surface area contributed by atoms with Gasteiger partial charge >= 0.3 is 0 Å². The zero-order valence-corrected chi connectivity index (χ0v) is 18.2. The number of rotatable bonds is 6. The topological polar surface area (TPSA) is 67.2 Å². The van der Waals surface area contributed by atoms with Gasteiger partial charge in [-0.25, -0.2) is 4.68 Å². The zero-order chi connectivity index (χ0) is 20.3. The standard InChI is InChI=1S/C23H26N6O.ClH/c30-23(22(18-7-3-1-4-8-18)19-9-5-2-6-10-19)28-15-13-27(14-16-28)17-21-24-25-26-29(21)20-11-12-20;/h1-10,20,22H,11-17H2;1H. The molecule has 1 amide bonds. The van der Waals surface area contributed by atoms with Crippen LogP contribution < -0.4 is 0 Å². The van der Waals surface area contributed by atoms with Crippen LogP contribution in [0, 0.1) is 0 Å². The van der Waals surface area contributed by atoms with Crippen molar-refractivity contribution >= 4 is 18.3 Å². The fraction of sp³-hybridized carbons (Fsp3) is 0.391. The lowest BCUT2D eigenvalue weighted by atomic mass is 9.90. The van der Waals surface area contributed by atoms with Crippen LogP contribution in [0.2, 0.25) is 0 Å². The molecule has 162 valence electrons. The third kappa shape index (κ3) is 4.78.